The Bertz CT molecular complexity index is 1180. The number of rotatable bonds is 8. The van der Waals surface area contributed by atoms with Crippen molar-refractivity contribution in [3.05, 3.63) is 24.3 Å². The van der Waals surface area contributed by atoms with E-state index in [0.717, 1.165) is 0 Å². The average molecular weight is 714 g/mol. The molecule has 0 aromatic heterocycles. The second kappa shape index (κ2) is 18.6. The number of hydrogen-bond acceptors (Lipinski definition) is 14. The summed E-state index contributed by atoms with van der Waals surface area (Å²) in [6.45, 7) is 10.2. The highest BCUT2D eigenvalue weighted by molar-refractivity contribution is 5.91. The van der Waals surface area contributed by atoms with Crippen LogP contribution in [-0.2, 0) is 42.8 Å². The Morgan fingerprint density at radius 1 is 0.960 bits per heavy atom. The molecule has 2 saturated heterocycles. The summed E-state index contributed by atoms with van der Waals surface area (Å²) in [5, 5.41) is 44.3. The van der Waals surface area contributed by atoms with Gasteiger partial charge in [0.1, 0.15) is 36.8 Å². The number of carbonyl (C=O) groups is 3. The SMILES string of the molecule is CO[C@H]1[C@H](O)CC(=O)O[C@H](C)[C@@H](C)/C=C/C=C/C(=O)[C@H](C)CC(CC=O)[C@@H]1OC1OC(C)C(OC2CC(C)(O)C(O)C(C)O2)C(N(C)C)C1O. The molecule has 0 spiro atoms. The molecule has 0 bridgehead atoms. The van der Waals surface area contributed by atoms with E-state index < -0.39 is 103 Å². The summed E-state index contributed by atoms with van der Waals surface area (Å²) < 4.78 is 36.2. The zero-order valence-corrected chi connectivity index (χ0v) is 30.8. The second-order valence-corrected chi connectivity index (χ2v) is 14.6. The number of ketones is 1. The van der Waals surface area contributed by atoms with Crippen LogP contribution in [0.1, 0.15) is 67.2 Å². The van der Waals surface area contributed by atoms with Crippen molar-refractivity contribution in [3.63, 3.8) is 0 Å². The molecule has 3 aliphatic rings. The van der Waals surface area contributed by atoms with Gasteiger partial charge in [-0.2, -0.15) is 0 Å². The molecular formula is C36H59NO13. The summed E-state index contributed by atoms with van der Waals surface area (Å²) in [5.74, 6) is -2.29. The first-order chi connectivity index (χ1) is 23.4. The summed E-state index contributed by atoms with van der Waals surface area (Å²) in [4.78, 5) is 39.9. The molecule has 2 fully saturated rings. The van der Waals surface area contributed by atoms with Crippen molar-refractivity contribution in [1.29, 1.82) is 0 Å². The van der Waals surface area contributed by atoms with E-state index in [0.29, 0.717) is 6.29 Å². The number of aldehydes is 1. The number of cyclic esters (lactones) is 1. The minimum Gasteiger partial charge on any atom is -0.462 e. The van der Waals surface area contributed by atoms with E-state index in [2.05, 4.69) is 0 Å². The van der Waals surface area contributed by atoms with Crippen molar-refractivity contribution in [2.24, 2.45) is 17.8 Å². The summed E-state index contributed by atoms with van der Waals surface area (Å²) >= 11 is 0. The third kappa shape index (κ3) is 10.7. The number of carbonyl (C=O) groups excluding carboxylic acids is 3. The van der Waals surface area contributed by atoms with E-state index in [1.165, 1.54) is 20.1 Å². The molecule has 10 unspecified atom stereocenters. The van der Waals surface area contributed by atoms with Crippen LogP contribution in [0.4, 0.5) is 0 Å². The lowest BCUT2D eigenvalue weighted by molar-refractivity contribution is -0.344. The summed E-state index contributed by atoms with van der Waals surface area (Å²) in [7, 11) is 4.83. The van der Waals surface area contributed by atoms with Crippen LogP contribution in [0.15, 0.2) is 24.3 Å². The summed E-state index contributed by atoms with van der Waals surface area (Å²) in [6, 6.07) is -0.738. The standard InChI is InChI=1S/C36H59NO13/c1-19-12-10-11-13-25(39)20(2)16-24(14-15-38)32(33(45-9)26(40)17-27(41)46-21(19)3)50-35-30(42)29(37(7)8)31(22(4)48-35)49-28-18-36(6,44)34(43)23(5)47-28/h10-13,15,19-24,26,28-35,40,42-44H,14,16-18H2,1-9H3/b12-10+,13-11+/t19-,20+,21+,22?,23?,24?,26+,28?,29?,30?,31?,32-,33-,34?,35?,36?/m0/s1. The topological polar surface area (TPSA) is 191 Å². The molecule has 4 N–H and O–H groups in total. The normalized spacial score (nSPS) is 45.5. The Kier molecular flexibility index (Phi) is 15.7. The fourth-order valence-corrected chi connectivity index (χ4v) is 7.03. The molecule has 0 amide bonds. The van der Waals surface area contributed by atoms with Crippen molar-refractivity contribution in [3.8, 4) is 0 Å². The Morgan fingerprint density at radius 2 is 1.64 bits per heavy atom. The summed E-state index contributed by atoms with van der Waals surface area (Å²) in [5.41, 5.74) is -1.47. The van der Waals surface area contributed by atoms with Crippen LogP contribution in [0.25, 0.3) is 0 Å². The molecule has 50 heavy (non-hydrogen) atoms. The third-order valence-corrected chi connectivity index (χ3v) is 10.2. The quantitative estimate of drug-likeness (QED) is 0.208. The first-order valence-corrected chi connectivity index (χ1v) is 17.5. The molecule has 0 aromatic carbocycles. The van der Waals surface area contributed by atoms with Crippen molar-refractivity contribution >= 4 is 18.0 Å². The number of likely N-dealkylation sites (N-methyl/N-ethyl adjacent to an activating group) is 1. The maximum absolute atomic E-state index is 13.1. The number of aliphatic hydroxyl groups excluding tert-OH is 3. The zero-order valence-electron chi connectivity index (χ0n) is 30.8. The van der Waals surface area contributed by atoms with Gasteiger partial charge in [0.05, 0.1) is 42.5 Å². The van der Waals surface area contributed by atoms with E-state index in [1.807, 2.05) is 13.0 Å². The van der Waals surface area contributed by atoms with E-state index in [-0.39, 0.29) is 31.0 Å². The lowest BCUT2D eigenvalue weighted by Crippen LogP contribution is -2.65. The highest BCUT2D eigenvalue weighted by atomic mass is 16.7. The van der Waals surface area contributed by atoms with E-state index in [9.17, 15) is 34.8 Å². The Morgan fingerprint density at radius 3 is 2.24 bits per heavy atom. The van der Waals surface area contributed by atoms with E-state index in [4.69, 9.17) is 28.4 Å². The van der Waals surface area contributed by atoms with Gasteiger partial charge < -0.3 is 58.5 Å². The fraction of sp³-hybridized carbons (Fsp3) is 0.806. The van der Waals surface area contributed by atoms with Gasteiger partial charge in [-0.3, -0.25) is 9.59 Å². The first kappa shape index (κ1) is 42.3. The predicted octanol–water partition coefficient (Wildman–Crippen LogP) is 1.30. The molecule has 3 rings (SSSR count). The van der Waals surface area contributed by atoms with Gasteiger partial charge in [0.2, 0.25) is 0 Å². The largest absolute Gasteiger partial charge is 0.462 e. The van der Waals surface area contributed by atoms with Gasteiger partial charge in [0.15, 0.2) is 18.4 Å². The lowest BCUT2D eigenvalue weighted by Gasteiger charge is -2.50. The maximum Gasteiger partial charge on any atom is 0.308 e. The zero-order chi connectivity index (χ0) is 37.5. The second-order valence-electron chi connectivity index (χ2n) is 14.6. The van der Waals surface area contributed by atoms with E-state index >= 15 is 0 Å². The van der Waals surface area contributed by atoms with Gasteiger partial charge in [-0.1, -0.05) is 32.1 Å². The number of nitrogens with zero attached hydrogens (tertiary/aromatic N) is 1. The Balaban J connectivity index is 1.96. The molecule has 0 saturated carbocycles. The molecule has 3 aliphatic heterocycles. The number of ether oxygens (including phenoxy) is 6. The lowest BCUT2D eigenvalue weighted by atomic mass is 9.83. The van der Waals surface area contributed by atoms with Crippen LogP contribution < -0.4 is 0 Å². The van der Waals surface area contributed by atoms with Gasteiger partial charge >= 0.3 is 5.97 Å². The molecule has 0 radical (unpaired) electrons. The van der Waals surface area contributed by atoms with Crippen LogP contribution in [0.2, 0.25) is 0 Å². The minimum atomic E-state index is -1.47. The van der Waals surface area contributed by atoms with Crippen molar-refractivity contribution in [2.75, 3.05) is 21.2 Å². The Labute approximate surface area is 295 Å². The molecule has 3 heterocycles. The van der Waals surface area contributed by atoms with Crippen molar-refractivity contribution < 1.29 is 63.2 Å². The number of methoxy groups -OCH3 is 1. The fourth-order valence-electron chi connectivity index (χ4n) is 7.03. The highest BCUT2D eigenvalue weighted by Gasteiger charge is 2.51. The molecule has 0 aliphatic carbocycles. The van der Waals surface area contributed by atoms with Crippen molar-refractivity contribution in [1.82, 2.24) is 4.90 Å². The van der Waals surface area contributed by atoms with Crippen LogP contribution >= 0.6 is 0 Å². The van der Waals surface area contributed by atoms with Gasteiger partial charge in [-0.15, -0.1) is 0 Å². The van der Waals surface area contributed by atoms with Crippen molar-refractivity contribution in [2.45, 2.75) is 146 Å². The molecule has 14 nitrogen and oxygen atoms in total. The summed E-state index contributed by atoms with van der Waals surface area (Å²) in [6.07, 6.45) is -4.36. The number of aliphatic hydroxyl groups is 4. The highest BCUT2D eigenvalue weighted by Crippen LogP contribution is 2.36. The van der Waals surface area contributed by atoms with Crippen LogP contribution in [0, 0.1) is 17.8 Å². The molecule has 16 atom stereocenters. The predicted molar refractivity (Wildman–Crippen MR) is 181 cm³/mol. The molecule has 0 aromatic rings. The Hall–Kier alpha value is -2.11. The maximum atomic E-state index is 13.1. The first-order valence-electron chi connectivity index (χ1n) is 17.5. The van der Waals surface area contributed by atoms with Gasteiger partial charge in [0, 0.05) is 31.8 Å². The molecular weight excluding hydrogens is 654 g/mol. The van der Waals surface area contributed by atoms with Crippen LogP contribution in [-0.4, -0.2) is 144 Å². The van der Waals surface area contributed by atoms with Gasteiger partial charge in [-0.25, -0.2) is 0 Å². The van der Waals surface area contributed by atoms with Crippen LogP contribution in [0.3, 0.4) is 0 Å². The van der Waals surface area contributed by atoms with E-state index in [1.54, 1.807) is 58.8 Å². The molecule has 14 heteroatoms. The molecule has 286 valence electrons. The third-order valence-electron chi connectivity index (χ3n) is 10.2. The average Bonchev–Trinajstić information content (AvgIpc) is 3.02. The smallest absolute Gasteiger partial charge is 0.308 e. The number of esters is 1. The van der Waals surface area contributed by atoms with Gasteiger partial charge in [0.25, 0.3) is 0 Å². The van der Waals surface area contributed by atoms with Crippen LogP contribution in [0.5, 0.6) is 0 Å². The minimum absolute atomic E-state index is 0.0245. The number of allylic oxidation sites excluding steroid dienone is 3. The monoisotopic (exact) mass is 713 g/mol. The van der Waals surface area contributed by atoms with Gasteiger partial charge in [-0.05, 0) is 60.2 Å². The number of hydrogen-bond donors (Lipinski definition) is 4.